The fourth-order valence-electron chi connectivity index (χ4n) is 3.44. The Morgan fingerprint density at radius 1 is 0.971 bits per heavy atom. The zero-order valence-electron chi connectivity index (χ0n) is 19.8. The van der Waals surface area contributed by atoms with Crippen molar-refractivity contribution in [2.75, 3.05) is 19.0 Å². The summed E-state index contributed by atoms with van der Waals surface area (Å²) in [6.07, 6.45) is 0.141. The molecule has 0 bridgehead atoms. The number of methoxy groups -OCH3 is 1. The number of carbonyl (C=O) groups is 2. The van der Waals surface area contributed by atoms with Crippen molar-refractivity contribution in [2.45, 2.75) is 31.2 Å². The number of nitrogens with one attached hydrogen (secondary N) is 2. The number of amides is 1. The van der Waals surface area contributed by atoms with Crippen molar-refractivity contribution in [1.82, 2.24) is 4.72 Å². The van der Waals surface area contributed by atoms with E-state index in [2.05, 4.69) is 14.8 Å². The second-order valence-electron chi connectivity index (χ2n) is 7.78. The molecule has 0 unspecified atom stereocenters. The summed E-state index contributed by atoms with van der Waals surface area (Å²) in [5, 5.41) is 2.72. The summed E-state index contributed by atoms with van der Waals surface area (Å²) in [5.41, 5.74) is 2.21. The van der Waals surface area contributed by atoms with Gasteiger partial charge in [-0.1, -0.05) is 30.3 Å². The van der Waals surface area contributed by atoms with Crippen LogP contribution in [0.4, 0.5) is 5.69 Å². The van der Waals surface area contributed by atoms with E-state index < -0.39 is 27.9 Å². The Labute approximate surface area is 205 Å². The van der Waals surface area contributed by atoms with Crippen molar-refractivity contribution in [3.8, 4) is 5.75 Å². The van der Waals surface area contributed by atoms with Crippen LogP contribution < -0.4 is 14.8 Å². The molecule has 3 rings (SSSR count). The molecular formula is C26H28N2O6S. The molecule has 3 aromatic rings. The van der Waals surface area contributed by atoms with Crippen LogP contribution in [0, 0.1) is 6.92 Å². The summed E-state index contributed by atoms with van der Waals surface area (Å²) < 4.78 is 39.1. The molecule has 1 amide bonds. The van der Waals surface area contributed by atoms with Gasteiger partial charge in [0, 0.05) is 5.69 Å². The van der Waals surface area contributed by atoms with Crippen LogP contribution in [0.15, 0.2) is 77.7 Å². The zero-order valence-corrected chi connectivity index (χ0v) is 20.6. The van der Waals surface area contributed by atoms with Crippen LogP contribution in [0.3, 0.4) is 0 Å². The van der Waals surface area contributed by atoms with Gasteiger partial charge in [-0.3, -0.25) is 4.79 Å². The molecule has 0 aliphatic heterocycles. The number of carbonyl (C=O) groups excluding carboxylic acids is 2. The van der Waals surface area contributed by atoms with E-state index in [1.54, 1.807) is 25.1 Å². The van der Waals surface area contributed by atoms with Crippen molar-refractivity contribution >= 4 is 27.6 Å². The Kier molecular flexibility index (Phi) is 8.62. The molecule has 0 aliphatic carbocycles. The van der Waals surface area contributed by atoms with Gasteiger partial charge in [0.2, 0.25) is 15.9 Å². The van der Waals surface area contributed by atoms with E-state index in [-0.39, 0.29) is 11.3 Å². The van der Waals surface area contributed by atoms with Gasteiger partial charge in [0.05, 0.1) is 24.2 Å². The Morgan fingerprint density at radius 3 is 2.26 bits per heavy atom. The second-order valence-corrected chi connectivity index (χ2v) is 9.50. The fraction of sp³-hybridized carbons (Fsp3) is 0.231. The molecule has 3 aromatic carbocycles. The van der Waals surface area contributed by atoms with Crippen molar-refractivity contribution in [3.63, 3.8) is 0 Å². The number of benzene rings is 3. The minimum atomic E-state index is -4.02. The van der Waals surface area contributed by atoms with Gasteiger partial charge < -0.3 is 14.8 Å². The number of hydrogen-bond donors (Lipinski definition) is 2. The van der Waals surface area contributed by atoms with Gasteiger partial charge >= 0.3 is 5.97 Å². The summed E-state index contributed by atoms with van der Waals surface area (Å²) in [4.78, 5) is 24.8. The molecule has 0 heterocycles. The van der Waals surface area contributed by atoms with Gasteiger partial charge in [0.15, 0.2) is 0 Å². The Bertz CT molecular complexity index is 1270. The first-order valence-electron chi connectivity index (χ1n) is 11.0. The minimum Gasteiger partial charge on any atom is -0.494 e. The summed E-state index contributed by atoms with van der Waals surface area (Å²) >= 11 is 0. The van der Waals surface area contributed by atoms with Crippen LogP contribution in [-0.2, 0) is 26.0 Å². The molecular weight excluding hydrogens is 468 g/mol. The Balaban J connectivity index is 1.84. The number of ether oxygens (including phenoxy) is 2. The van der Waals surface area contributed by atoms with Crippen LogP contribution in [0.1, 0.15) is 28.4 Å². The first-order chi connectivity index (χ1) is 16.7. The van der Waals surface area contributed by atoms with Gasteiger partial charge in [0.1, 0.15) is 11.8 Å². The van der Waals surface area contributed by atoms with Crippen molar-refractivity contribution in [1.29, 1.82) is 0 Å². The SMILES string of the molecule is CCOc1ccc(S(=O)(=O)N[C@H](Cc2ccccc2)C(=O)Nc2ccc(C(=O)OC)cc2)cc1C. The predicted octanol–water partition coefficient (Wildman–Crippen LogP) is 3.71. The van der Waals surface area contributed by atoms with Crippen molar-refractivity contribution in [2.24, 2.45) is 0 Å². The highest BCUT2D eigenvalue weighted by Crippen LogP contribution is 2.22. The molecule has 9 heteroatoms. The van der Waals surface area contributed by atoms with E-state index >= 15 is 0 Å². The third kappa shape index (κ3) is 6.91. The third-order valence-corrected chi connectivity index (χ3v) is 6.70. The van der Waals surface area contributed by atoms with E-state index in [9.17, 15) is 18.0 Å². The lowest BCUT2D eigenvalue weighted by Crippen LogP contribution is -2.45. The van der Waals surface area contributed by atoms with Gasteiger partial charge in [-0.25, -0.2) is 13.2 Å². The highest BCUT2D eigenvalue weighted by Gasteiger charge is 2.27. The molecule has 2 N–H and O–H groups in total. The second kappa shape index (κ2) is 11.6. The number of esters is 1. The van der Waals surface area contributed by atoms with E-state index in [1.807, 2.05) is 37.3 Å². The molecule has 0 fully saturated rings. The monoisotopic (exact) mass is 496 g/mol. The lowest BCUT2D eigenvalue weighted by molar-refractivity contribution is -0.117. The number of anilines is 1. The fourth-order valence-corrected chi connectivity index (χ4v) is 4.72. The molecule has 1 atom stereocenters. The average molecular weight is 497 g/mol. The average Bonchev–Trinajstić information content (AvgIpc) is 2.85. The van der Waals surface area contributed by atoms with Crippen LogP contribution >= 0.6 is 0 Å². The molecule has 0 radical (unpaired) electrons. The van der Waals surface area contributed by atoms with Crippen molar-refractivity contribution in [3.05, 3.63) is 89.5 Å². The predicted molar refractivity (Wildman–Crippen MR) is 133 cm³/mol. The normalized spacial score (nSPS) is 12.0. The maximum absolute atomic E-state index is 13.2. The highest BCUT2D eigenvalue weighted by atomic mass is 32.2. The van der Waals surface area contributed by atoms with E-state index in [0.717, 1.165) is 5.56 Å². The molecule has 0 saturated carbocycles. The molecule has 0 saturated heterocycles. The number of rotatable bonds is 10. The van der Waals surface area contributed by atoms with Crippen LogP contribution in [-0.4, -0.2) is 40.1 Å². The van der Waals surface area contributed by atoms with Gasteiger partial charge in [0.25, 0.3) is 0 Å². The summed E-state index contributed by atoms with van der Waals surface area (Å²) in [7, 11) is -2.74. The Morgan fingerprint density at radius 2 is 1.66 bits per heavy atom. The molecule has 0 aromatic heterocycles. The number of aryl methyl sites for hydroxylation is 1. The highest BCUT2D eigenvalue weighted by molar-refractivity contribution is 7.89. The number of hydrogen-bond acceptors (Lipinski definition) is 6. The van der Waals surface area contributed by atoms with Crippen LogP contribution in [0.25, 0.3) is 0 Å². The largest absolute Gasteiger partial charge is 0.494 e. The van der Waals surface area contributed by atoms with Gasteiger partial charge in [-0.05, 0) is 73.9 Å². The quantitative estimate of drug-likeness (QED) is 0.414. The molecule has 0 aliphatic rings. The molecule has 8 nitrogen and oxygen atoms in total. The zero-order chi connectivity index (χ0) is 25.4. The van der Waals surface area contributed by atoms with Crippen molar-refractivity contribution < 1.29 is 27.5 Å². The summed E-state index contributed by atoms with van der Waals surface area (Å²) in [6.45, 7) is 4.07. The lowest BCUT2D eigenvalue weighted by Gasteiger charge is -2.19. The first-order valence-corrected chi connectivity index (χ1v) is 12.5. The standard InChI is InChI=1S/C26H28N2O6S/c1-4-34-24-15-14-22(16-18(24)2)35(31,32)28-23(17-19-8-6-5-7-9-19)25(29)27-21-12-10-20(11-13-21)26(30)33-3/h5-16,23,28H,4,17H2,1-3H3,(H,27,29)/t23-/m1/s1. The van der Waals surface area contributed by atoms with E-state index in [1.165, 1.54) is 31.4 Å². The van der Waals surface area contributed by atoms with Gasteiger partial charge in [-0.2, -0.15) is 4.72 Å². The first kappa shape index (κ1) is 25.9. The summed E-state index contributed by atoms with van der Waals surface area (Å²) in [5.74, 6) is -0.436. The Hall–Kier alpha value is -3.69. The minimum absolute atomic E-state index is 0.0340. The molecule has 184 valence electrons. The van der Waals surface area contributed by atoms with Gasteiger partial charge in [-0.15, -0.1) is 0 Å². The van der Waals surface area contributed by atoms with E-state index in [4.69, 9.17) is 4.74 Å². The maximum atomic E-state index is 13.2. The topological polar surface area (TPSA) is 111 Å². The van der Waals surface area contributed by atoms with Crippen LogP contribution in [0.5, 0.6) is 5.75 Å². The third-order valence-electron chi connectivity index (χ3n) is 5.23. The molecule has 0 spiro atoms. The molecule has 35 heavy (non-hydrogen) atoms. The van der Waals surface area contributed by atoms with E-state index in [0.29, 0.717) is 29.2 Å². The summed E-state index contributed by atoms with van der Waals surface area (Å²) in [6, 6.07) is 18.7. The smallest absolute Gasteiger partial charge is 0.337 e. The maximum Gasteiger partial charge on any atom is 0.337 e. The lowest BCUT2D eigenvalue weighted by atomic mass is 10.1. The van der Waals surface area contributed by atoms with Crippen LogP contribution in [0.2, 0.25) is 0 Å². The number of sulfonamides is 1.